The lowest BCUT2D eigenvalue weighted by Gasteiger charge is -2.66. The van der Waals surface area contributed by atoms with Crippen molar-refractivity contribution in [1.82, 2.24) is 0 Å². The highest BCUT2D eigenvalue weighted by Crippen LogP contribution is 2.67. The molecule has 0 aromatic carbocycles. The van der Waals surface area contributed by atoms with Crippen LogP contribution in [0.1, 0.15) is 47.5 Å². The lowest BCUT2D eigenvalue weighted by Crippen LogP contribution is -2.58. The molecule has 0 aromatic rings. The molecule has 12 heavy (non-hydrogen) atoms. The van der Waals surface area contributed by atoms with Gasteiger partial charge in [0.25, 0.3) is 0 Å². The molecule has 3 aliphatic rings. The fourth-order valence-electron chi connectivity index (χ4n) is 3.75. The maximum atomic E-state index is 2.47. The summed E-state index contributed by atoms with van der Waals surface area (Å²) in [6, 6.07) is 0. The largest absolute Gasteiger partial charge is 0.0620 e. The quantitative estimate of drug-likeness (QED) is 0.514. The summed E-state index contributed by atoms with van der Waals surface area (Å²) in [6.45, 7) is 12.3. The minimum atomic E-state index is 0.595. The van der Waals surface area contributed by atoms with Crippen LogP contribution in [0.5, 0.6) is 0 Å². The number of hydrogen-bond donors (Lipinski definition) is 0. The van der Waals surface area contributed by atoms with Crippen molar-refractivity contribution in [3.05, 3.63) is 0 Å². The van der Waals surface area contributed by atoms with Crippen molar-refractivity contribution >= 4 is 0 Å². The molecule has 0 radical (unpaired) electrons. The van der Waals surface area contributed by atoms with E-state index in [9.17, 15) is 0 Å². The van der Waals surface area contributed by atoms with Crippen LogP contribution in [0.15, 0.2) is 0 Å². The first kappa shape index (κ1) is 8.59. The van der Waals surface area contributed by atoms with E-state index in [-0.39, 0.29) is 0 Å². The Balaban J connectivity index is 2.27. The summed E-state index contributed by atoms with van der Waals surface area (Å²) < 4.78 is 0. The molecular weight excluding hydrogens is 144 g/mol. The first-order chi connectivity index (χ1) is 5.37. The first-order valence-electron chi connectivity index (χ1n) is 5.37. The molecule has 2 unspecified atom stereocenters. The Bertz CT molecular complexity index is 200. The lowest BCUT2D eigenvalue weighted by molar-refractivity contribution is -0.170. The predicted octanol–water partition coefficient (Wildman–Crippen LogP) is 3.71. The third-order valence-electron chi connectivity index (χ3n) is 5.28. The van der Waals surface area contributed by atoms with Crippen LogP contribution in [0.2, 0.25) is 0 Å². The van der Waals surface area contributed by atoms with E-state index in [2.05, 4.69) is 34.6 Å². The van der Waals surface area contributed by atoms with E-state index in [1.54, 1.807) is 0 Å². The average Bonchev–Trinajstić information content (AvgIpc) is 1.93. The lowest BCUT2D eigenvalue weighted by atomic mass is 9.39. The highest BCUT2D eigenvalue weighted by Gasteiger charge is 2.59. The van der Waals surface area contributed by atoms with Crippen LogP contribution >= 0.6 is 0 Å². The Morgan fingerprint density at radius 2 is 1.50 bits per heavy atom. The molecule has 0 N–H and O–H groups in total. The van der Waals surface area contributed by atoms with Crippen molar-refractivity contribution in [1.29, 1.82) is 0 Å². The fourth-order valence-corrected chi connectivity index (χ4v) is 3.75. The standard InChI is InChI=1S/C12H22/c1-8-6-9-7-10(11(8,2)3)12(9,4)5/h8-10H,6-7H2,1-5H3/t8-,9?,10?/m1/s1. The monoisotopic (exact) mass is 166 g/mol. The Labute approximate surface area is 76.7 Å². The normalized spacial score (nSPS) is 48.2. The summed E-state index contributed by atoms with van der Waals surface area (Å²) in [6.07, 6.45) is 2.97. The molecule has 0 saturated heterocycles. The average molecular weight is 166 g/mol. The maximum absolute atomic E-state index is 2.47. The zero-order valence-corrected chi connectivity index (χ0v) is 9.15. The van der Waals surface area contributed by atoms with Gasteiger partial charge in [0.1, 0.15) is 0 Å². The van der Waals surface area contributed by atoms with Gasteiger partial charge in [-0.15, -0.1) is 0 Å². The summed E-state index contributed by atoms with van der Waals surface area (Å²) in [5.74, 6) is 2.96. The highest BCUT2D eigenvalue weighted by molar-refractivity contribution is 5.08. The second-order valence-corrected chi connectivity index (χ2v) is 6.26. The zero-order valence-electron chi connectivity index (χ0n) is 9.15. The molecule has 0 amide bonds. The summed E-state index contributed by atoms with van der Waals surface area (Å²) in [5.41, 5.74) is 1.24. The molecule has 0 aromatic heterocycles. The van der Waals surface area contributed by atoms with Crippen molar-refractivity contribution in [2.75, 3.05) is 0 Å². The van der Waals surface area contributed by atoms with Crippen molar-refractivity contribution in [3.63, 3.8) is 0 Å². The molecule has 2 bridgehead atoms. The van der Waals surface area contributed by atoms with Crippen molar-refractivity contribution in [2.45, 2.75) is 47.5 Å². The molecule has 0 heteroatoms. The van der Waals surface area contributed by atoms with Crippen molar-refractivity contribution in [3.8, 4) is 0 Å². The Morgan fingerprint density at radius 3 is 1.83 bits per heavy atom. The predicted molar refractivity (Wildman–Crippen MR) is 52.9 cm³/mol. The summed E-state index contributed by atoms with van der Waals surface area (Å²) in [4.78, 5) is 0. The van der Waals surface area contributed by atoms with Gasteiger partial charge in [0.2, 0.25) is 0 Å². The molecule has 70 valence electrons. The molecule has 0 nitrogen and oxygen atoms in total. The molecule has 3 fully saturated rings. The van der Waals surface area contributed by atoms with Gasteiger partial charge in [-0.25, -0.2) is 0 Å². The zero-order chi connectivity index (χ0) is 9.15. The third kappa shape index (κ3) is 0.791. The third-order valence-corrected chi connectivity index (χ3v) is 5.28. The van der Waals surface area contributed by atoms with Gasteiger partial charge in [-0.05, 0) is 41.4 Å². The van der Waals surface area contributed by atoms with E-state index in [1.165, 1.54) is 12.8 Å². The van der Waals surface area contributed by atoms with E-state index in [0.29, 0.717) is 10.8 Å². The number of fused-ring (bicyclic) bond motifs is 2. The first-order valence-corrected chi connectivity index (χ1v) is 5.37. The summed E-state index contributed by atoms with van der Waals surface area (Å²) in [7, 11) is 0. The van der Waals surface area contributed by atoms with Crippen molar-refractivity contribution in [2.24, 2.45) is 28.6 Å². The minimum Gasteiger partial charge on any atom is -0.0620 e. The van der Waals surface area contributed by atoms with Crippen LogP contribution in [0.25, 0.3) is 0 Å². The topological polar surface area (TPSA) is 0 Å². The van der Waals surface area contributed by atoms with Crippen molar-refractivity contribution < 1.29 is 0 Å². The highest BCUT2D eigenvalue weighted by atomic mass is 14.6. The van der Waals surface area contributed by atoms with Crippen LogP contribution in [-0.4, -0.2) is 0 Å². The molecule has 3 rings (SSSR count). The van der Waals surface area contributed by atoms with Gasteiger partial charge in [0, 0.05) is 0 Å². The van der Waals surface area contributed by atoms with Crippen LogP contribution in [0.4, 0.5) is 0 Å². The van der Waals surface area contributed by atoms with E-state index in [1.807, 2.05) is 0 Å². The molecular formula is C12H22. The van der Waals surface area contributed by atoms with Crippen LogP contribution in [-0.2, 0) is 0 Å². The Kier molecular flexibility index (Phi) is 1.49. The van der Waals surface area contributed by atoms with Crippen LogP contribution in [0.3, 0.4) is 0 Å². The molecule has 0 heterocycles. The smallest absolute Gasteiger partial charge is 0.0292 e. The van der Waals surface area contributed by atoms with E-state index in [4.69, 9.17) is 0 Å². The van der Waals surface area contributed by atoms with Gasteiger partial charge >= 0.3 is 0 Å². The number of hydrogen-bond acceptors (Lipinski definition) is 0. The van der Waals surface area contributed by atoms with Gasteiger partial charge in [0.05, 0.1) is 0 Å². The summed E-state index contributed by atoms with van der Waals surface area (Å²) >= 11 is 0. The molecule has 3 atom stereocenters. The van der Waals surface area contributed by atoms with Gasteiger partial charge in [-0.3, -0.25) is 0 Å². The Morgan fingerprint density at radius 1 is 0.917 bits per heavy atom. The second-order valence-electron chi connectivity index (χ2n) is 6.26. The van der Waals surface area contributed by atoms with E-state index < -0.39 is 0 Å². The molecule has 3 saturated carbocycles. The van der Waals surface area contributed by atoms with Gasteiger partial charge in [-0.2, -0.15) is 0 Å². The fraction of sp³-hybridized carbons (Fsp3) is 1.00. The molecule has 0 aliphatic heterocycles. The van der Waals surface area contributed by atoms with Gasteiger partial charge < -0.3 is 0 Å². The Hall–Kier alpha value is 0. The SMILES string of the molecule is C[C@@H]1CC2CC(C2(C)C)C1(C)C. The van der Waals surface area contributed by atoms with Crippen LogP contribution < -0.4 is 0 Å². The minimum absolute atomic E-state index is 0.595. The molecule has 3 aliphatic carbocycles. The van der Waals surface area contributed by atoms with E-state index in [0.717, 1.165) is 17.8 Å². The second kappa shape index (κ2) is 2.08. The van der Waals surface area contributed by atoms with Gasteiger partial charge in [0.15, 0.2) is 0 Å². The maximum Gasteiger partial charge on any atom is -0.0292 e. The number of rotatable bonds is 0. The molecule has 0 spiro atoms. The van der Waals surface area contributed by atoms with Gasteiger partial charge in [-0.1, -0.05) is 34.6 Å². The van der Waals surface area contributed by atoms with Crippen LogP contribution in [0, 0.1) is 28.6 Å². The summed E-state index contributed by atoms with van der Waals surface area (Å²) in [5, 5.41) is 0. The van der Waals surface area contributed by atoms with E-state index >= 15 is 0 Å².